The molecule has 3 amide bonds. The van der Waals surface area contributed by atoms with Crippen molar-refractivity contribution in [2.45, 2.75) is 17.9 Å². The molecule has 10 nitrogen and oxygen atoms in total. The second-order valence-electron chi connectivity index (χ2n) is 9.10. The predicted octanol–water partition coefficient (Wildman–Crippen LogP) is 1.20. The summed E-state index contributed by atoms with van der Waals surface area (Å²) in [6.07, 6.45) is 6.22. The number of anilines is 1. The molecule has 2 atom stereocenters. The van der Waals surface area contributed by atoms with Crippen LogP contribution in [0.15, 0.2) is 60.0 Å². The van der Waals surface area contributed by atoms with Crippen molar-refractivity contribution in [3.05, 3.63) is 71.5 Å². The van der Waals surface area contributed by atoms with Gasteiger partial charge in [0.1, 0.15) is 0 Å². The fourth-order valence-electron chi connectivity index (χ4n) is 5.19. The lowest BCUT2D eigenvalue weighted by Crippen LogP contribution is -2.49. The lowest BCUT2D eigenvalue weighted by atomic mass is 10.0. The van der Waals surface area contributed by atoms with E-state index < -0.39 is 11.4 Å². The van der Waals surface area contributed by atoms with Crippen LogP contribution in [0.25, 0.3) is 22.2 Å². The van der Waals surface area contributed by atoms with E-state index in [2.05, 4.69) is 25.8 Å². The molecule has 36 heavy (non-hydrogen) atoms. The van der Waals surface area contributed by atoms with Gasteiger partial charge >= 0.3 is 0 Å². The van der Waals surface area contributed by atoms with Gasteiger partial charge < -0.3 is 10.2 Å². The van der Waals surface area contributed by atoms with Crippen LogP contribution in [0.5, 0.6) is 0 Å². The highest BCUT2D eigenvalue weighted by molar-refractivity contribution is 6.21. The third-order valence-corrected chi connectivity index (χ3v) is 7.11. The number of rotatable bonds is 6. The average molecular weight is 479 g/mol. The number of hydrogen-bond acceptors (Lipinski definition) is 6. The number of hydrogen-bond donors (Lipinski definition) is 3. The molecule has 1 fully saturated rings. The van der Waals surface area contributed by atoms with Gasteiger partial charge in [0.25, 0.3) is 11.8 Å². The summed E-state index contributed by atoms with van der Waals surface area (Å²) in [7, 11) is 3.54. The summed E-state index contributed by atoms with van der Waals surface area (Å²) in [5.41, 5.74) is 6.13. The Bertz CT molecular complexity index is 1580. The highest BCUT2D eigenvalue weighted by Crippen LogP contribution is 2.52. The molecule has 0 bridgehead atoms. The van der Waals surface area contributed by atoms with Gasteiger partial charge in [-0.1, -0.05) is 30.3 Å². The number of hydrazone groups is 1. The lowest BCUT2D eigenvalue weighted by Gasteiger charge is -2.24. The highest BCUT2D eigenvalue weighted by atomic mass is 16.2. The predicted molar refractivity (Wildman–Crippen MR) is 137 cm³/mol. The third-order valence-electron chi connectivity index (χ3n) is 7.11. The largest absolute Gasteiger partial charge is 0.354 e. The maximum Gasteiger partial charge on any atom is 0.272 e. The van der Waals surface area contributed by atoms with Crippen molar-refractivity contribution in [1.82, 2.24) is 25.4 Å². The van der Waals surface area contributed by atoms with Crippen LogP contribution in [-0.2, 0) is 16.6 Å². The first-order valence-electron chi connectivity index (χ1n) is 11.5. The zero-order valence-corrected chi connectivity index (χ0v) is 19.6. The number of aromatic amines is 1. The van der Waals surface area contributed by atoms with E-state index in [0.717, 1.165) is 27.3 Å². The van der Waals surface area contributed by atoms with Gasteiger partial charge in [0.15, 0.2) is 7.98 Å². The summed E-state index contributed by atoms with van der Waals surface area (Å²) in [5.74, 6) is -0.858. The van der Waals surface area contributed by atoms with E-state index >= 15 is 0 Å². The van der Waals surface area contributed by atoms with Crippen LogP contribution >= 0.6 is 0 Å². The minimum Gasteiger partial charge on any atom is -0.354 e. The SMILES string of the molecule is BN[C@@]1(C(=O)N(C=O)c2cc3c4c(c(-c5cnn(C)c5)[nH]c4c2)C=NNC3=O)C[C@H]1c1ccccc1. The topological polar surface area (TPSA) is 124 Å². The number of carbonyl (C=O) groups excluding carboxylic acids is 3. The van der Waals surface area contributed by atoms with Gasteiger partial charge in [-0.05, 0) is 24.1 Å². The Morgan fingerprint density at radius 1 is 1.31 bits per heavy atom. The van der Waals surface area contributed by atoms with Gasteiger partial charge in [-0.2, -0.15) is 10.2 Å². The summed E-state index contributed by atoms with van der Waals surface area (Å²) in [5, 5.41) is 12.1. The summed E-state index contributed by atoms with van der Waals surface area (Å²) < 4.78 is 1.68. The molecule has 0 saturated heterocycles. The van der Waals surface area contributed by atoms with E-state index in [4.69, 9.17) is 0 Å². The normalized spacial score (nSPS) is 20.1. The molecule has 4 aromatic rings. The zero-order valence-electron chi connectivity index (χ0n) is 19.6. The number of aromatic nitrogens is 3. The molecule has 3 N–H and O–H groups in total. The molecule has 1 aliphatic carbocycles. The van der Waals surface area contributed by atoms with E-state index in [1.165, 1.54) is 0 Å². The average Bonchev–Trinajstić information content (AvgIpc) is 3.39. The van der Waals surface area contributed by atoms with Gasteiger partial charge in [0.2, 0.25) is 6.41 Å². The summed E-state index contributed by atoms with van der Waals surface area (Å²) >= 11 is 0. The molecule has 1 aliphatic heterocycles. The van der Waals surface area contributed by atoms with Crippen molar-refractivity contribution >= 4 is 49.0 Å². The van der Waals surface area contributed by atoms with Crippen molar-refractivity contribution in [2.75, 3.05) is 4.90 Å². The smallest absolute Gasteiger partial charge is 0.272 e. The number of H-pyrrole nitrogens is 1. The first-order chi connectivity index (χ1) is 17.5. The van der Waals surface area contributed by atoms with Crippen LogP contribution in [0, 0.1) is 0 Å². The molecular weight excluding hydrogens is 457 g/mol. The Labute approximate surface area is 206 Å². The van der Waals surface area contributed by atoms with Crippen LogP contribution < -0.4 is 15.6 Å². The number of amides is 3. The van der Waals surface area contributed by atoms with E-state index in [-0.39, 0.29) is 11.8 Å². The lowest BCUT2D eigenvalue weighted by molar-refractivity contribution is -0.124. The summed E-state index contributed by atoms with van der Waals surface area (Å²) in [6.45, 7) is 0. The highest BCUT2D eigenvalue weighted by Gasteiger charge is 2.60. The maximum absolute atomic E-state index is 13.8. The number of nitrogens with zero attached hydrogens (tertiary/aromatic N) is 4. The molecule has 178 valence electrons. The third kappa shape index (κ3) is 3.20. The number of benzene rings is 2. The second-order valence-corrected chi connectivity index (χ2v) is 9.10. The molecule has 2 aromatic heterocycles. The van der Waals surface area contributed by atoms with Crippen LogP contribution in [0.1, 0.15) is 33.8 Å². The molecule has 1 saturated carbocycles. The molecule has 11 heteroatoms. The Hall–Kier alpha value is -4.51. The van der Waals surface area contributed by atoms with E-state index in [0.29, 0.717) is 35.0 Å². The monoisotopic (exact) mass is 479 g/mol. The maximum atomic E-state index is 13.8. The Morgan fingerprint density at radius 2 is 2.11 bits per heavy atom. The van der Waals surface area contributed by atoms with Crippen molar-refractivity contribution in [3.63, 3.8) is 0 Å². The van der Waals surface area contributed by atoms with Gasteiger partial charge in [0, 0.05) is 41.2 Å². The van der Waals surface area contributed by atoms with Crippen molar-refractivity contribution in [2.24, 2.45) is 12.1 Å². The van der Waals surface area contributed by atoms with E-state index in [1.54, 1.807) is 37.2 Å². The van der Waals surface area contributed by atoms with Crippen LogP contribution in [0.4, 0.5) is 5.69 Å². The first-order valence-corrected chi connectivity index (χ1v) is 11.5. The molecule has 0 unspecified atom stereocenters. The van der Waals surface area contributed by atoms with Crippen molar-refractivity contribution < 1.29 is 14.4 Å². The van der Waals surface area contributed by atoms with Crippen LogP contribution in [0.2, 0.25) is 0 Å². The molecule has 3 heterocycles. The molecular formula is C25H22BN7O3. The number of carbonyl (C=O) groups is 3. The van der Waals surface area contributed by atoms with Gasteiger partial charge in [-0.15, -0.1) is 0 Å². The standard InChI is InChI=1S/C25H22BN7O3/c1-32-12-15(10-28-32)22-18-11-27-30-23(35)17-7-16(8-20(29-22)21(17)18)33(13-34)24(36)25(31-26)9-19(25)14-5-3-2-4-6-14/h2-8,10-13,19,29,31H,9,26H2,1H3,(H,30,35)/t19-,25-/m0/s1. The van der Waals surface area contributed by atoms with Gasteiger partial charge in [0.05, 0.1) is 34.9 Å². The second kappa shape index (κ2) is 8.03. The van der Waals surface area contributed by atoms with Crippen LogP contribution in [0.3, 0.4) is 0 Å². The number of imide groups is 1. The Balaban J connectivity index is 1.46. The van der Waals surface area contributed by atoms with Gasteiger partial charge in [-0.25, -0.2) is 5.43 Å². The van der Waals surface area contributed by atoms with Crippen molar-refractivity contribution in [3.8, 4) is 11.3 Å². The minimum atomic E-state index is -0.904. The van der Waals surface area contributed by atoms with Gasteiger partial charge in [-0.3, -0.25) is 24.0 Å². The van der Waals surface area contributed by atoms with Crippen LogP contribution in [-0.4, -0.2) is 52.7 Å². The fraction of sp³-hybridized carbons (Fsp3) is 0.160. The fourth-order valence-corrected chi connectivity index (χ4v) is 5.19. The molecule has 0 spiro atoms. The molecule has 0 radical (unpaired) electrons. The minimum absolute atomic E-state index is 0.0603. The summed E-state index contributed by atoms with van der Waals surface area (Å²) in [4.78, 5) is 43.4. The van der Waals surface area contributed by atoms with E-state index in [9.17, 15) is 14.4 Å². The van der Waals surface area contributed by atoms with Crippen molar-refractivity contribution in [1.29, 1.82) is 0 Å². The Kier molecular flexibility index (Phi) is 4.90. The zero-order chi connectivity index (χ0) is 25.0. The molecule has 2 aromatic carbocycles. The first kappa shape index (κ1) is 22.0. The molecule has 2 aliphatic rings. The van der Waals surface area contributed by atoms with E-state index in [1.807, 2.05) is 43.6 Å². The molecule has 6 rings (SSSR count). The number of nitrogens with one attached hydrogen (secondary N) is 3. The number of aryl methyl sites for hydroxylation is 1. The summed E-state index contributed by atoms with van der Waals surface area (Å²) in [6, 6.07) is 13.0. The Morgan fingerprint density at radius 3 is 2.81 bits per heavy atom. The quantitative estimate of drug-likeness (QED) is 0.283.